The zero-order valence-corrected chi connectivity index (χ0v) is 10.4. The van der Waals surface area contributed by atoms with Crippen LogP contribution in [0.15, 0.2) is 18.2 Å². The fourth-order valence-corrected chi connectivity index (χ4v) is 1.99. The van der Waals surface area contributed by atoms with Gasteiger partial charge >= 0.3 is 5.97 Å². The monoisotopic (exact) mass is 252 g/mol. The second-order valence-corrected chi connectivity index (χ2v) is 4.59. The van der Waals surface area contributed by atoms with E-state index in [1.165, 1.54) is 6.07 Å². The maximum absolute atomic E-state index is 13.7. The van der Waals surface area contributed by atoms with E-state index in [4.69, 9.17) is 9.47 Å². The number of ether oxygens (including phenoxy) is 2. The third kappa shape index (κ3) is 3.07. The van der Waals surface area contributed by atoms with Crippen LogP contribution < -0.4 is 0 Å². The summed E-state index contributed by atoms with van der Waals surface area (Å²) in [5.41, 5.74) is 0.470. The maximum atomic E-state index is 13.7. The zero-order chi connectivity index (χ0) is 13.0. The number of carbonyl (C=O) groups is 1. The van der Waals surface area contributed by atoms with Crippen molar-refractivity contribution in [2.75, 3.05) is 19.8 Å². The Kier molecular flexibility index (Phi) is 4.31. The van der Waals surface area contributed by atoms with Gasteiger partial charge in [-0.3, -0.25) is 0 Å². The van der Waals surface area contributed by atoms with Gasteiger partial charge in [-0.2, -0.15) is 0 Å². The van der Waals surface area contributed by atoms with Crippen LogP contribution in [0.2, 0.25) is 0 Å². The van der Waals surface area contributed by atoms with E-state index in [-0.39, 0.29) is 5.56 Å². The first kappa shape index (κ1) is 13.0. The van der Waals surface area contributed by atoms with E-state index >= 15 is 0 Å². The van der Waals surface area contributed by atoms with Crippen LogP contribution in [0.5, 0.6) is 0 Å². The predicted molar refractivity (Wildman–Crippen MR) is 65.0 cm³/mol. The molecule has 0 aliphatic carbocycles. The quantitative estimate of drug-likeness (QED) is 0.776. The minimum atomic E-state index is -0.581. The average Bonchev–Trinajstić information content (AvgIpc) is 2.40. The highest BCUT2D eigenvalue weighted by atomic mass is 19.1. The Bertz CT molecular complexity index is 425. The summed E-state index contributed by atoms with van der Waals surface area (Å²) in [6.07, 6.45) is 1.78. The summed E-state index contributed by atoms with van der Waals surface area (Å²) >= 11 is 0. The van der Waals surface area contributed by atoms with Crippen molar-refractivity contribution in [3.05, 3.63) is 35.1 Å². The predicted octanol–water partition coefficient (Wildman–Crippen LogP) is 2.72. The number of hydrogen-bond acceptors (Lipinski definition) is 3. The SMILES string of the molecule is Cc1cccc(C(=O)OCC2CCOCC2)c1F. The van der Waals surface area contributed by atoms with Gasteiger partial charge in [0.05, 0.1) is 12.2 Å². The minimum absolute atomic E-state index is 0.0158. The molecule has 1 aromatic carbocycles. The molecule has 98 valence electrons. The molecule has 0 N–H and O–H groups in total. The van der Waals surface area contributed by atoms with Crippen LogP contribution in [-0.2, 0) is 9.47 Å². The normalized spacial score (nSPS) is 16.6. The van der Waals surface area contributed by atoms with Gasteiger partial charge in [-0.25, -0.2) is 9.18 Å². The van der Waals surface area contributed by atoms with Gasteiger partial charge in [0.2, 0.25) is 0 Å². The first-order chi connectivity index (χ1) is 8.68. The van der Waals surface area contributed by atoms with Crippen molar-refractivity contribution in [2.24, 2.45) is 5.92 Å². The highest BCUT2D eigenvalue weighted by molar-refractivity contribution is 5.89. The third-order valence-electron chi connectivity index (χ3n) is 3.20. The van der Waals surface area contributed by atoms with E-state index < -0.39 is 11.8 Å². The molecule has 0 saturated carbocycles. The lowest BCUT2D eigenvalue weighted by Crippen LogP contribution is -2.22. The molecule has 0 amide bonds. The molecule has 18 heavy (non-hydrogen) atoms. The summed E-state index contributed by atoms with van der Waals surface area (Å²) < 4.78 is 24.1. The summed E-state index contributed by atoms with van der Waals surface area (Å²) in [7, 11) is 0. The third-order valence-corrected chi connectivity index (χ3v) is 3.20. The van der Waals surface area contributed by atoms with Crippen molar-refractivity contribution < 1.29 is 18.7 Å². The number of esters is 1. The molecule has 0 bridgehead atoms. The van der Waals surface area contributed by atoms with Gasteiger partial charge in [-0.1, -0.05) is 12.1 Å². The van der Waals surface area contributed by atoms with E-state index in [1.807, 2.05) is 0 Å². The number of aryl methyl sites for hydroxylation is 1. The molecule has 0 aromatic heterocycles. The Morgan fingerprint density at radius 3 is 2.89 bits per heavy atom. The minimum Gasteiger partial charge on any atom is -0.462 e. The van der Waals surface area contributed by atoms with Gasteiger partial charge in [0.25, 0.3) is 0 Å². The molecule has 1 heterocycles. The van der Waals surface area contributed by atoms with Crippen molar-refractivity contribution in [1.82, 2.24) is 0 Å². The molecule has 4 heteroatoms. The van der Waals surface area contributed by atoms with E-state index in [0.717, 1.165) is 12.8 Å². The number of halogens is 1. The van der Waals surface area contributed by atoms with Crippen molar-refractivity contribution in [2.45, 2.75) is 19.8 Å². The molecule has 2 rings (SSSR count). The number of rotatable bonds is 3. The highest BCUT2D eigenvalue weighted by Gasteiger charge is 2.18. The lowest BCUT2D eigenvalue weighted by atomic mass is 10.0. The Balaban J connectivity index is 1.93. The Morgan fingerprint density at radius 1 is 1.44 bits per heavy atom. The second-order valence-electron chi connectivity index (χ2n) is 4.59. The van der Waals surface area contributed by atoms with Gasteiger partial charge < -0.3 is 9.47 Å². The Labute approximate surface area is 106 Å². The molecular formula is C14H17FO3. The molecule has 0 unspecified atom stereocenters. The summed E-state index contributed by atoms with van der Waals surface area (Å²) in [6.45, 7) is 3.39. The molecule has 0 atom stereocenters. The largest absolute Gasteiger partial charge is 0.462 e. The fraction of sp³-hybridized carbons (Fsp3) is 0.500. The lowest BCUT2D eigenvalue weighted by Gasteiger charge is -2.21. The molecule has 0 spiro atoms. The second kappa shape index (κ2) is 5.96. The molecule has 1 fully saturated rings. The van der Waals surface area contributed by atoms with Crippen molar-refractivity contribution in [3.8, 4) is 0 Å². The molecule has 0 radical (unpaired) electrons. The van der Waals surface area contributed by atoms with Gasteiger partial charge in [0, 0.05) is 13.2 Å². The summed E-state index contributed by atoms with van der Waals surface area (Å²) in [5.74, 6) is -0.743. The molecule has 1 aliphatic heterocycles. The standard InChI is InChI=1S/C14H17FO3/c1-10-3-2-4-12(13(10)15)14(16)18-9-11-5-7-17-8-6-11/h2-4,11H,5-9H2,1H3. The number of carbonyl (C=O) groups excluding carboxylic acids is 1. The number of hydrogen-bond donors (Lipinski definition) is 0. The number of benzene rings is 1. The summed E-state index contributed by atoms with van der Waals surface area (Å²) in [6, 6.07) is 4.74. The molecule has 1 aliphatic rings. The first-order valence-electron chi connectivity index (χ1n) is 6.18. The first-order valence-corrected chi connectivity index (χ1v) is 6.18. The van der Waals surface area contributed by atoms with Crippen molar-refractivity contribution in [1.29, 1.82) is 0 Å². The van der Waals surface area contributed by atoms with Crippen LogP contribution in [0.25, 0.3) is 0 Å². The smallest absolute Gasteiger partial charge is 0.341 e. The summed E-state index contributed by atoms with van der Waals surface area (Å²) in [5, 5.41) is 0. The molecule has 1 saturated heterocycles. The lowest BCUT2D eigenvalue weighted by molar-refractivity contribution is 0.0182. The molecular weight excluding hydrogens is 235 g/mol. The fourth-order valence-electron chi connectivity index (χ4n) is 1.99. The van der Waals surface area contributed by atoms with Crippen LogP contribution in [0.3, 0.4) is 0 Å². The zero-order valence-electron chi connectivity index (χ0n) is 10.4. The van der Waals surface area contributed by atoms with Crippen LogP contribution in [-0.4, -0.2) is 25.8 Å². The van der Waals surface area contributed by atoms with Crippen molar-refractivity contribution >= 4 is 5.97 Å². The van der Waals surface area contributed by atoms with Crippen LogP contribution in [0.4, 0.5) is 4.39 Å². The van der Waals surface area contributed by atoms with Crippen LogP contribution >= 0.6 is 0 Å². The van der Waals surface area contributed by atoms with Gasteiger partial charge in [0.1, 0.15) is 5.82 Å². The van der Waals surface area contributed by atoms with Gasteiger partial charge in [-0.05, 0) is 37.3 Å². The maximum Gasteiger partial charge on any atom is 0.341 e. The summed E-state index contributed by atoms with van der Waals surface area (Å²) in [4.78, 5) is 11.8. The highest BCUT2D eigenvalue weighted by Crippen LogP contribution is 2.17. The van der Waals surface area contributed by atoms with Crippen LogP contribution in [0.1, 0.15) is 28.8 Å². The Hall–Kier alpha value is -1.42. The molecule has 1 aromatic rings. The Morgan fingerprint density at radius 2 is 2.17 bits per heavy atom. The van der Waals surface area contributed by atoms with Gasteiger partial charge in [0.15, 0.2) is 0 Å². The van der Waals surface area contributed by atoms with E-state index in [2.05, 4.69) is 0 Å². The van der Waals surface area contributed by atoms with E-state index in [0.29, 0.717) is 31.3 Å². The van der Waals surface area contributed by atoms with E-state index in [1.54, 1.807) is 19.1 Å². The van der Waals surface area contributed by atoms with Gasteiger partial charge in [-0.15, -0.1) is 0 Å². The van der Waals surface area contributed by atoms with Crippen LogP contribution in [0, 0.1) is 18.7 Å². The molecule has 3 nitrogen and oxygen atoms in total. The van der Waals surface area contributed by atoms with E-state index in [9.17, 15) is 9.18 Å². The topological polar surface area (TPSA) is 35.5 Å². The van der Waals surface area contributed by atoms with Crippen molar-refractivity contribution in [3.63, 3.8) is 0 Å². The average molecular weight is 252 g/mol.